The topological polar surface area (TPSA) is 39.5 Å². The number of hydrogen-bond acceptors (Lipinski definition) is 2. The lowest BCUT2D eigenvalue weighted by atomic mass is 10.2. The molecule has 0 saturated heterocycles. The van der Waals surface area contributed by atoms with Crippen LogP contribution in [-0.4, -0.2) is 19.1 Å². The SMILES string of the molecule is [2H]C([2H])([2H])[n+]1c2n(c3c4ccncc4n(C)c31)Cc1ccncc1-2. The minimum atomic E-state index is -2.29. The number of hydrogen-bond donors (Lipinski definition) is 0. The van der Waals surface area contributed by atoms with Crippen molar-refractivity contribution in [1.29, 1.82) is 0 Å². The quantitative estimate of drug-likeness (QED) is 0.405. The first-order valence-electron chi connectivity index (χ1n) is 8.29. The predicted octanol–water partition coefficient (Wildman–Crippen LogP) is 1.78. The number of fused-ring (bicyclic) bond motifs is 7. The second-order valence-electron chi connectivity index (χ2n) is 5.40. The molecule has 0 aliphatic carbocycles. The highest BCUT2D eigenvalue weighted by Crippen LogP contribution is 2.36. The summed E-state index contributed by atoms with van der Waals surface area (Å²) in [4.78, 5) is 8.37. The molecular weight excluding hydrogens is 262 g/mol. The summed E-state index contributed by atoms with van der Waals surface area (Å²) in [6, 6.07) is 3.89. The molecule has 1 aliphatic rings. The van der Waals surface area contributed by atoms with E-state index in [-0.39, 0.29) is 0 Å². The average Bonchev–Trinajstić information content (AvgIpc) is 3.15. The molecule has 0 radical (unpaired) electrons. The van der Waals surface area contributed by atoms with Gasteiger partial charge in [0.05, 0.1) is 41.8 Å². The van der Waals surface area contributed by atoms with E-state index in [4.69, 9.17) is 4.11 Å². The third-order valence-electron chi connectivity index (χ3n) is 4.38. The Hall–Kier alpha value is -2.69. The van der Waals surface area contributed by atoms with E-state index < -0.39 is 6.98 Å². The molecule has 102 valence electrons. The predicted molar refractivity (Wildman–Crippen MR) is 79.7 cm³/mol. The summed E-state index contributed by atoms with van der Waals surface area (Å²) >= 11 is 0. The Labute approximate surface area is 125 Å². The van der Waals surface area contributed by atoms with Crippen molar-refractivity contribution in [1.82, 2.24) is 19.1 Å². The van der Waals surface area contributed by atoms with Crippen molar-refractivity contribution in [3.63, 3.8) is 0 Å². The normalized spacial score (nSPS) is 15.8. The lowest BCUT2D eigenvalue weighted by Crippen LogP contribution is -2.31. The Morgan fingerprint density at radius 2 is 2.10 bits per heavy atom. The zero-order valence-corrected chi connectivity index (χ0v) is 11.4. The number of aromatic nitrogens is 5. The first-order chi connectivity index (χ1) is 11.5. The van der Waals surface area contributed by atoms with Crippen LogP contribution in [0.1, 0.15) is 9.68 Å². The van der Waals surface area contributed by atoms with Gasteiger partial charge in [0, 0.05) is 24.2 Å². The summed E-state index contributed by atoms with van der Waals surface area (Å²) in [6.45, 7) is -1.64. The molecule has 0 saturated carbocycles. The van der Waals surface area contributed by atoms with Crippen LogP contribution in [0.4, 0.5) is 0 Å². The average molecular weight is 279 g/mol. The molecule has 0 aromatic carbocycles. The molecule has 5 heterocycles. The minimum Gasteiger partial charge on any atom is -0.264 e. The molecule has 1 aliphatic heterocycles. The van der Waals surface area contributed by atoms with E-state index >= 15 is 0 Å². The molecule has 0 bridgehead atoms. The highest BCUT2D eigenvalue weighted by molar-refractivity contribution is 6.04. The third kappa shape index (κ3) is 1.15. The van der Waals surface area contributed by atoms with Crippen molar-refractivity contribution in [3.05, 3.63) is 42.5 Å². The minimum absolute atomic E-state index is 0.647. The molecule has 4 aromatic heterocycles. The maximum atomic E-state index is 8.09. The molecule has 0 N–H and O–H groups in total. The van der Waals surface area contributed by atoms with Gasteiger partial charge < -0.3 is 0 Å². The lowest BCUT2D eigenvalue weighted by Gasteiger charge is -1.98. The highest BCUT2D eigenvalue weighted by atomic mass is 15.2. The third-order valence-corrected chi connectivity index (χ3v) is 4.38. The van der Waals surface area contributed by atoms with Crippen LogP contribution in [0.15, 0.2) is 36.9 Å². The zero-order valence-electron chi connectivity index (χ0n) is 14.4. The van der Waals surface area contributed by atoms with Crippen LogP contribution in [0.3, 0.4) is 0 Å². The van der Waals surface area contributed by atoms with Gasteiger partial charge in [-0.3, -0.25) is 14.5 Å². The van der Waals surface area contributed by atoms with Gasteiger partial charge in [0.15, 0.2) is 5.52 Å². The number of pyridine rings is 2. The maximum absolute atomic E-state index is 8.09. The van der Waals surface area contributed by atoms with E-state index in [0.29, 0.717) is 18.0 Å². The fourth-order valence-electron chi connectivity index (χ4n) is 3.45. The number of nitrogens with zero attached hydrogens (tertiary/aromatic N) is 5. The van der Waals surface area contributed by atoms with Crippen LogP contribution in [-0.2, 0) is 20.6 Å². The Kier molecular flexibility index (Phi) is 1.42. The smallest absolute Gasteiger partial charge is 0.264 e. The van der Waals surface area contributed by atoms with Crippen molar-refractivity contribution in [2.45, 2.75) is 6.54 Å². The molecule has 0 spiro atoms. The monoisotopic (exact) mass is 279 g/mol. The largest absolute Gasteiger partial charge is 0.269 e. The summed E-state index contributed by atoms with van der Waals surface area (Å²) in [5, 5.41) is 1.01. The van der Waals surface area contributed by atoms with Gasteiger partial charge in [0.2, 0.25) is 5.82 Å². The molecule has 0 fully saturated rings. The van der Waals surface area contributed by atoms with E-state index in [1.165, 1.54) is 4.57 Å². The van der Waals surface area contributed by atoms with Gasteiger partial charge in [-0.15, -0.1) is 0 Å². The Bertz CT molecular complexity index is 1140. The summed E-state index contributed by atoms with van der Waals surface area (Å²) in [6.07, 6.45) is 7.01. The van der Waals surface area contributed by atoms with Crippen molar-refractivity contribution >= 4 is 22.1 Å². The molecule has 21 heavy (non-hydrogen) atoms. The summed E-state index contributed by atoms with van der Waals surface area (Å²) in [7, 11) is 1.88. The van der Waals surface area contributed by atoms with Crippen molar-refractivity contribution in [2.24, 2.45) is 14.0 Å². The van der Waals surface area contributed by atoms with Crippen LogP contribution in [0.2, 0.25) is 0 Å². The Balaban J connectivity index is 2.05. The van der Waals surface area contributed by atoms with Gasteiger partial charge in [-0.05, 0) is 12.1 Å². The molecule has 0 unspecified atom stereocenters. The van der Waals surface area contributed by atoms with Crippen LogP contribution in [0.25, 0.3) is 33.5 Å². The van der Waals surface area contributed by atoms with Crippen molar-refractivity contribution in [3.8, 4) is 11.4 Å². The van der Waals surface area contributed by atoms with E-state index in [9.17, 15) is 0 Å². The molecular formula is C16H14N5+. The van der Waals surface area contributed by atoms with E-state index in [0.717, 1.165) is 27.5 Å². The fraction of sp³-hybridized carbons (Fsp3) is 0.188. The molecule has 5 heteroatoms. The van der Waals surface area contributed by atoms with Crippen molar-refractivity contribution < 1.29 is 8.68 Å². The Morgan fingerprint density at radius 3 is 3.00 bits per heavy atom. The van der Waals surface area contributed by atoms with Gasteiger partial charge in [0.25, 0.3) is 5.65 Å². The molecule has 4 aromatic rings. The fourth-order valence-corrected chi connectivity index (χ4v) is 3.45. The van der Waals surface area contributed by atoms with Gasteiger partial charge in [-0.1, -0.05) is 0 Å². The number of imidazole rings is 1. The van der Waals surface area contributed by atoms with Crippen molar-refractivity contribution in [2.75, 3.05) is 0 Å². The van der Waals surface area contributed by atoms with Crippen LogP contribution < -0.4 is 4.57 Å². The second kappa shape index (κ2) is 3.49. The molecule has 0 amide bonds. The van der Waals surface area contributed by atoms with Gasteiger partial charge in [-0.2, -0.15) is 0 Å². The molecule has 5 nitrogen and oxygen atoms in total. The van der Waals surface area contributed by atoms with Crippen LogP contribution in [0, 0.1) is 0 Å². The molecule has 5 rings (SSSR count). The Morgan fingerprint density at radius 1 is 1.24 bits per heavy atom. The molecule has 0 atom stereocenters. The number of rotatable bonds is 0. The number of aryl methyl sites for hydroxylation is 2. The highest BCUT2D eigenvalue weighted by Gasteiger charge is 2.34. The lowest BCUT2D eigenvalue weighted by molar-refractivity contribution is -0.636. The van der Waals surface area contributed by atoms with E-state index in [1.807, 2.05) is 23.7 Å². The summed E-state index contributed by atoms with van der Waals surface area (Å²) < 4.78 is 29.7. The van der Waals surface area contributed by atoms with E-state index in [2.05, 4.69) is 14.5 Å². The summed E-state index contributed by atoms with van der Waals surface area (Å²) in [5.74, 6) is 0.692. The maximum Gasteiger partial charge on any atom is 0.269 e. The van der Waals surface area contributed by atoms with Gasteiger partial charge >= 0.3 is 0 Å². The van der Waals surface area contributed by atoms with Gasteiger partial charge in [-0.25, -0.2) is 9.13 Å². The second-order valence-corrected chi connectivity index (χ2v) is 5.40. The summed E-state index contributed by atoms with van der Waals surface area (Å²) in [5.41, 5.74) is 4.50. The van der Waals surface area contributed by atoms with Crippen LogP contribution in [0.5, 0.6) is 0 Å². The van der Waals surface area contributed by atoms with Crippen LogP contribution >= 0.6 is 0 Å². The first-order valence-corrected chi connectivity index (χ1v) is 6.79. The van der Waals surface area contributed by atoms with E-state index in [1.54, 1.807) is 24.8 Å². The first kappa shape index (κ1) is 8.56. The van der Waals surface area contributed by atoms with Gasteiger partial charge in [0.1, 0.15) is 5.52 Å². The standard InChI is InChI=1S/C16H14N5/c1-19-13-8-18-6-4-11(13)14-16(19)20(2)15-12-7-17-5-3-10(12)9-21(14)15/h3-8H,9H2,1-2H3/q+1/i2D3. The zero-order chi connectivity index (χ0) is 16.6.